The summed E-state index contributed by atoms with van der Waals surface area (Å²) in [4.78, 5) is 30.1. The number of nitrogens with zero attached hydrogens (tertiary/aromatic N) is 2. The van der Waals surface area contributed by atoms with Crippen LogP contribution < -0.4 is 5.32 Å². The highest BCUT2D eigenvalue weighted by Crippen LogP contribution is 2.32. The zero-order valence-electron chi connectivity index (χ0n) is 17.0. The van der Waals surface area contributed by atoms with Crippen molar-refractivity contribution in [3.63, 3.8) is 0 Å². The first-order chi connectivity index (χ1) is 12.9. The van der Waals surface area contributed by atoms with Gasteiger partial charge in [0, 0.05) is 12.6 Å². The molecule has 0 spiro atoms. The molecule has 1 amide bonds. The smallest absolute Gasteiger partial charge is 0.358 e. The molecule has 1 heterocycles. The second kappa shape index (κ2) is 11.5. The van der Waals surface area contributed by atoms with E-state index in [-0.39, 0.29) is 5.91 Å². The van der Waals surface area contributed by atoms with Crippen LogP contribution >= 0.6 is 11.3 Å². The maximum Gasteiger partial charge on any atom is 0.358 e. The van der Waals surface area contributed by atoms with Crippen molar-refractivity contribution in [3.05, 3.63) is 35.0 Å². The predicted molar refractivity (Wildman–Crippen MR) is 111 cm³/mol. The van der Waals surface area contributed by atoms with E-state index in [2.05, 4.69) is 36.0 Å². The fourth-order valence-electron chi connectivity index (χ4n) is 2.47. The number of aromatic nitrogens is 1. The normalized spacial score (nSPS) is 10.2. The quantitative estimate of drug-likeness (QED) is 0.747. The molecule has 0 fully saturated rings. The largest absolute Gasteiger partial charge is 0.464 e. The summed E-state index contributed by atoms with van der Waals surface area (Å²) in [5.74, 6) is -0.606. The minimum absolute atomic E-state index is 0.143. The number of anilines is 1. The Morgan fingerprint density at radius 3 is 2.30 bits per heavy atom. The van der Waals surface area contributed by atoms with Crippen LogP contribution in [0.4, 0.5) is 5.69 Å². The van der Waals surface area contributed by atoms with Crippen LogP contribution in [0.25, 0.3) is 10.4 Å². The molecule has 0 saturated heterocycles. The summed E-state index contributed by atoms with van der Waals surface area (Å²) in [6.07, 6.45) is 0. The minimum atomic E-state index is -0.464. The first-order valence-electron chi connectivity index (χ1n) is 9.02. The number of aryl methyl sites for hydroxylation is 1. The topological polar surface area (TPSA) is 71.5 Å². The van der Waals surface area contributed by atoms with Crippen molar-refractivity contribution < 1.29 is 14.3 Å². The van der Waals surface area contributed by atoms with E-state index in [1.807, 2.05) is 19.1 Å². The van der Waals surface area contributed by atoms with Crippen LogP contribution in [0.3, 0.4) is 0 Å². The van der Waals surface area contributed by atoms with Crippen LogP contribution in [0.5, 0.6) is 0 Å². The van der Waals surface area contributed by atoms with Gasteiger partial charge in [0.2, 0.25) is 5.91 Å². The van der Waals surface area contributed by atoms with Gasteiger partial charge in [-0.25, -0.2) is 9.78 Å². The molecule has 0 radical (unpaired) electrons. The van der Waals surface area contributed by atoms with Gasteiger partial charge in [0.15, 0.2) is 5.69 Å². The molecule has 0 atom stereocenters. The van der Waals surface area contributed by atoms with Crippen molar-refractivity contribution in [1.29, 1.82) is 0 Å². The van der Waals surface area contributed by atoms with E-state index in [1.54, 1.807) is 12.1 Å². The molecule has 0 bridgehead atoms. The fourth-order valence-corrected chi connectivity index (χ4v) is 3.37. The highest BCUT2D eigenvalue weighted by Gasteiger charge is 2.19. The Kier molecular flexibility index (Phi) is 9.67. The standard InChI is InChI=1S/C14H14N2O3S.C6H15N/c1-8(17)15-11-6-4-5-10(7-11)13-12(14(18)19-3)16-9(2)20-13;1-4-7(5-2)6-3/h4-7H,1-3H3,(H,15,17);4-6H2,1-3H3. The van der Waals surface area contributed by atoms with Gasteiger partial charge in [-0.15, -0.1) is 11.3 Å². The molecule has 1 aromatic heterocycles. The van der Waals surface area contributed by atoms with E-state index >= 15 is 0 Å². The lowest BCUT2D eigenvalue weighted by molar-refractivity contribution is -0.114. The van der Waals surface area contributed by atoms with Crippen LogP contribution in [0, 0.1) is 6.92 Å². The van der Waals surface area contributed by atoms with Gasteiger partial charge < -0.3 is 15.0 Å². The lowest BCUT2D eigenvalue weighted by Crippen LogP contribution is -2.21. The van der Waals surface area contributed by atoms with E-state index in [9.17, 15) is 9.59 Å². The molecular weight excluding hydrogens is 362 g/mol. The van der Waals surface area contributed by atoms with Crippen LogP contribution in [0.2, 0.25) is 0 Å². The predicted octanol–water partition coefficient (Wildman–Crippen LogP) is 4.21. The number of rotatable bonds is 6. The summed E-state index contributed by atoms with van der Waals surface area (Å²) in [7, 11) is 1.33. The molecule has 6 nitrogen and oxygen atoms in total. The molecule has 0 unspecified atom stereocenters. The molecule has 0 aliphatic heterocycles. The number of carbonyl (C=O) groups is 2. The van der Waals surface area contributed by atoms with Crippen LogP contribution in [-0.2, 0) is 9.53 Å². The van der Waals surface area contributed by atoms with E-state index in [0.29, 0.717) is 11.4 Å². The van der Waals surface area contributed by atoms with Crippen molar-refractivity contribution in [3.8, 4) is 10.4 Å². The molecule has 2 aromatic rings. The minimum Gasteiger partial charge on any atom is -0.464 e. The number of hydrogen-bond acceptors (Lipinski definition) is 6. The van der Waals surface area contributed by atoms with Crippen LogP contribution in [0.1, 0.15) is 43.2 Å². The highest BCUT2D eigenvalue weighted by atomic mass is 32.1. The zero-order valence-corrected chi connectivity index (χ0v) is 17.8. The summed E-state index contributed by atoms with van der Waals surface area (Å²) < 4.78 is 4.74. The van der Waals surface area contributed by atoms with Gasteiger partial charge in [-0.05, 0) is 44.3 Å². The van der Waals surface area contributed by atoms with Gasteiger partial charge in [0.05, 0.1) is 17.0 Å². The van der Waals surface area contributed by atoms with E-state index in [0.717, 1.165) is 15.4 Å². The fraction of sp³-hybridized carbons (Fsp3) is 0.450. The molecule has 0 saturated carbocycles. The van der Waals surface area contributed by atoms with Crippen molar-refractivity contribution in [1.82, 2.24) is 9.88 Å². The summed E-state index contributed by atoms with van der Waals surface area (Å²) in [5, 5.41) is 3.50. The van der Waals surface area contributed by atoms with E-state index in [1.165, 1.54) is 45.0 Å². The number of carbonyl (C=O) groups excluding carboxylic acids is 2. The molecule has 1 N–H and O–H groups in total. The lowest BCUT2D eigenvalue weighted by atomic mass is 10.1. The van der Waals surface area contributed by atoms with Gasteiger partial charge in [-0.1, -0.05) is 32.9 Å². The first kappa shape index (κ1) is 22.8. The van der Waals surface area contributed by atoms with Crippen LogP contribution in [-0.4, -0.2) is 48.5 Å². The second-order valence-corrected chi connectivity index (χ2v) is 6.99. The molecule has 2 rings (SSSR count). The maximum absolute atomic E-state index is 11.7. The molecule has 148 valence electrons. The number of amides is 1. The van der Waals surface area contributed by atoms with Crippen molar-refractivity contribution in [2.45, 2.75) is 34.6 Å². The second-order valence-electron chi connectivity index (χ2n) is 5.78. The molecule has 0 aliphatic carbocycles. The number of ether oxygens (including phenoxy) is 1. The third kappa shape index (κ3) is 7.11. The maximum atomic E-state index is 11.7. The van der Waals surface area contributed by atoms with Crippen molar-refractivity contribution in [2.75, 3.05) is 32.1 Å². The van der Waals surface area contributed by atoms with Gasteiger partial charge >= 0.3 is 5.97 Å². The van der Waals surface area contributed by atoms with Crippen molar-refractivity contribution >= 4 is 28.9 Å². The zero-order chi connectivity index (χ0) is 20.4. The summed E-state index contributed by atoms with van der Waals surface area (Å²) >= 11 is 1.41. The molecule has 7 heteroatoms. The Hall–Kier alpha value is -2.25. The number of hydrogen-bond donors (Lipinski definition) is 1. The Bertz CT molecular complexity index is 749. The summed E-state index contributed by atoms with van der Waals surface area (Å²) in [6.45, 7) is 13.4. The Morgan fingerprint density at radius 1 is 1.19 bits per heavy atom. The Balaban J connectivity index is 0.000000445. The molecular formula is C20H29N3O3S. The van der Waals surface area contributed by atoms with Gasteiger partial charge in [-0.3, -0.25) is 4.79 Å². The monoisotopic (exact) mass is 391 g/mol. The number of esters is 1. The number of nitrogens with one attached hydrogen (secondary N) is 1. The average Bonchev–Trinajstić information content (AvgIpc) is 3.04. The Labute approximate surface area is 165 Å². The molecule has 27 heavy (non-hydrogen) atoms. The van der Waals surface area contributed by atoms with Gasteiger partial charge in [-0.2, -0.15) is 0 Å². The van der Waals surface area contributed by atoms with Crippen molar-refractivity contribution in [2.24, 2.45) is 0 Å². The lowest BCUT2D eigenvalue weighted by Gasteiger charge is -2.13. The van der Waals surface area contributed by atoms with E-state index in [4.69, 9.17) is 4.74 Å². The summed E-state index contributed by atoms with van der Waals surface area (Å²) in [6, 6.07) is 7.28. The number of thiazole rings is 1. The first-order valence-corrected chi connectivity index (χ1v) is 9.83. The van der Waals surface area contributed by atoms with Crippen LogP contribution in [0.15, 0.2) is 24.3 Å². The third-order valence-electron chi connectivity index (χ3n) is 3.90. The van der Waals surface area contributed by atoms with Gasteiger partial charge in [0.1, 0.15) is 0 Å². The Morgan fingerprint density at radius 2 is 1.81 bits per heavy atom. The highest BCUT2D eigenvalue weighted by molar-refractivity contribution is 7.15. The SMILES string of the molecule is CCN(CC)CC.COC(=O)c1nc(C)sc1-c1cccc(NC(C)=O)c1. The third-order valence-corrected chi connectivity index (χ3v) is 4.92. The average molecular weight is 392 g/mol. The number of methoxy groups -OCH3 is 1. The van der Waals surface area contributed by atoms with E-state index < -0.39 is 5.97 Å². The number of benzene rings is 1. The molecule has 1 aromatic carbocycles. The summed E-state index contributed by atoms with van der Waals surface area (Å²) in [5.41, 5.74) is 1.80. The molecule has 0 aliphatic rings. The van der Waals surface area contributed by atoms with Gasteiger partial charge in [0.25, 0.3) is 0 Å².